The van der Waals surface area contributed by atoms with Crippen LogP contribution in [0.2, 0.25) is 0 Å². The van der Waals surface area contributed by atoms with Crippen molar-refractivity contribution in [3.05, 3.63) is 130 Å². The molecule has 4 N–H and O–H groups in total. The number of benzene rings is 4. The van der Waals surface area contributed by atoms with Crippen molar-refractivity contribution in [1.29, 1.82) is 0 Å². The molecule has 0 fully saturated rings. The van der Waals surface area contributed by atoms with Crippen molar-refractivity contribution in [2.75, 3.05) is 0 Å². The van der Waals surface area contributed by atoms with E-state index in [2.05, 4.69) is 9.99 Å². The highest BCUT2D eigenvalue weighted by atomic mass is 16.6. The van der Waals surface area contributed by atoms with Crippen LogP contribution in [0.15, 0.2) is 102 Å². The molecular formula is C30H30B2N2O7. The largest absolute Gasteiger partial charge is 0.492 e. The molecule has 0 amide bonds. The Balaban J connectivity index is 0.000000156. The molecule has 6 rings (SSSR count). The van der Waals surface area contributed by atoms with E-state index in [1.54, 1.807) is 18.3 Å². The van der Waals surface area contributed by atoms with Crippen LogP contribution in [0.3, 0.4) is 0 Å². The molecule has 2 aliphatic rings. The molecule has 0 saturated heterocycles. The van der Waals surface area contributed by atoms with Crippen LogP contribution in [-0.2, 0) is 45.4 Å². The van der Waals surface area contributed by atoms with Crippen LogP contribution in [0.5, 0.6) is 0 Å². The van der Waals surface area contributed by atoms with Gasteiger partial charge in [-0.15, -0.1) is 0 Å². The Kier molecular flexibility index (Phi) is 11.4. The molecule has 2 aliphatic heterocycles. The lowest BCUT2D eigenvalue weighted by atomic mass is 9.76. The minimum Gasteiger partial charge on any atom is -0.423 e. The van der Waals surface area contributed by atoms with Gasteiger partial charge in [-0.3, -0.25) is 9.63 Å². The number of oxime groups is 1. The van der Waals surface area contributed by atoms with E-state index in [1.807, 2.05) is 84.9 Å². The molecule has 0 bridgehead atoms. The molecule has 0 aromatic heterocycles. The predicted octanol–water partition coefficient (Wildman–Crippen LogP) is 2.25. The molecule has 4 aromatic rings. The summed E-state index contributed by atoms with van der Waals surface area (Å²) < 4.78 is 10.2. The van der Waals surface area contributed by atoms with Gasteiger partial charge in [0, 0.05) is 5.56 Å². The summed E-state index contributed by atoms with van der Waals surface area (Å²) in [5, 5.41) is 23.0. The van der Waals surface area contributed by atoms with E-state index >= 15 is 0 Å². The lowest BCUT2D eigenvalue weighted by molar-refractivity contribution is 0.112. The molecule has 0 unspecified atom stereocenters. The number of aldehydes is 1. The van der Waals surface area contributed by atoms with E-state index in [0.717, 1.165) is 39.6 Å². The summed E-state index contributed by atoms with van der Waals surface area (Å²) in [5.41, 5.74) is 6.77. The fourth-order valence-corrected chi connectivity index (χ4v) is 4.29. The Hall–Kier alpha value is -4.09. The summed E-state index contributed by atoms with van der Waals surface area (Å²) in [5.74, 6) is 4.86. The molecule has 0 aliphatic carbocycles. The highest BCUT2D eigenvalue weighted by Gasteiger charge is 2.30. The molecular weight excluding hydrogens is 522 g/mol. The van der Waals surface area contributed by atoms with Gasteiger partial charge in [0.1, 0.15) is 12.9 Å². The highest BCUT2D eigenvalue weighted by Crippen LogP contribution is 2.12. The third kappa shape index (κ3) is 8.45. The normalized spacial score (nSPS) is 13.0. The zero-order valence-corrected chi connectivity index (χ0v) is 22.3. The number of carbonyl (C=O) groups is 1. The van der Waals surface area contributed by atoms with Gasteiger partial charge in [0.2, 0.25) is 0 Å². The molecule has 2 heterocycles. The standard InChI is InChI=1S/C15H14BNO3.C8H7BO3.C7H9NO/c18-16-15-13(7-4-8-14(15)11-19-16)9-17-20-10-12-5-2-1-3-6-12;10-4-6-2-1-3-7-5-12-9(11)8(6)7;8-9-6-7-4-2-1-3-5-7/h1-9,18H,10-11H2;1-4,11H,5H2;1-5H,6,8H2/b17-9+;;. The van der Waals surface area contributed by atoms with Gasteiger partial charge in [-0.25, -0.2) is 5.90 Å². The van der Waals surface area contributed by atoms with Gasteiger partial charge < -0.3 is 24.2 Å². The number of fused-ring (bicyclic) bond motifs is 2. The predicted molar refractivity (Wildman–Crippen MR) is 157 cm³/mol. The number of nitrogens with two attached hydrogens (primary N) is 1. The maximum atomic E-state index is 10.5. The van der Waals surface area contributed by atoms with Crippen LogP contribution < -0.4 is 16.8 Å². The maximum absolute atomic E-state index is 10.5. The Morgan fingerprint density at radius 2 is 1.24 bits per heavy atom. The van der Waals surface area contributed by atoms with Crippen LogP contribution in [-0.4, -0.2) is 36.8 Å². The van der Waals surface area contributed by atoms with Crippen molar-refractivity contribution in [3.63, 3.8) is 0 Å². The zero-order chi connectivity index (χ0) is 28.9. The van der Waals surface area contributed by atoms with Gasteiger partial charge in [0.25, 0.3) is 0 Å². The second-order valence-corrected chi connectivity index (χ2v) is 9.07. The van der Waals surface area contributed by atoms with Crippen LogP contribution >= 0.6 is 0 Å². The molecule has 9 nitrogen and oxygen atoms in total. The first-order valence-electron chi connectivity index (χ1n) is 12.9. The molecule has 4 aromatic carbocycles. The minimum absolute atomic E-state index is 0.387. The summed E-state index contributed by atoms with van der Waals surface area (Å²) >= 11 is 0. The second kappa shape index (κ2) is 15.6. The molecule has 0 atom stereocenters. The van der Waals surface area contributed by atoms with Crippen LogP contribution in [0.25, 0.3) is 0 Å². The maximum Gasteiger partial charge on any atom is 0.492 e. The average Bonchev–Trinajstić information content (AvgIpc) is 3.60. The lowest BCUT2D eigenvalue weighted by Crippen LogP contribution is -2.31. The third-order valence-corrected chi connectivity index (χ3v) is 6.31. The summed E-state index contributed by atoms with van der Waals surface area (Å²) in [7, 11) is -1.80. The first-order chi connectivity index (χ1) is 20.1. The average molecular weight is 552 g/mol. The van der Waals surface area contributed by atoms with Crippen LogP contribution in [0.1, 0.15) is 38.2 Å². The molecule has 208 valence electrons. The van der Waals surface area contributed by atoms with Crippen molar-refractivity contribution in [2.24, 2.45) is 11.1 Å². The van der Waals surface area contributed by atoms with Gasteiger partial charge in [0.05, 0.1) is 26.0 Å². The summed E-state index contributed by atoms with van der Waals surface area (Å²) in [6.07, 6.45) is 2.34. The third-order valence-electron chi connectivity index (χ3n) is 6.31. The second-order valence-electron chi connectivity index (χ2n) is 9.07. The van der Waals surface area contributed by atoms with Crippen molar-refractivity contribution in [3.8, 4) is 0 Å². The van der Waals surface area contributed by atoms with E-state index in [9.17, 15) is 14.8 Å². The first-order valence-corrected chi connectivity index (χ1v) is 12.9. The number of hydrogen-bond acceptors (Lipinski definition) is 9. The topological polar surface area (TPSA) is 133 Å². The van der Waals surface area contributed by atoms with Gasteiger partial charge in [-0.1, -0.05) is 102 Å². The van der Waals surface area contributed by atoms with Gasteiger partial charge in [-0.05, 0) is 38.7 Å². The number of rotatable bonds is 7. The Morgan fingerprint density at radius 1 is 0.732 bits per heavy atom. The van der Waals surface area contributed by atoms with Crippen LogP contribution in [0, 0.1) is 0 Å². The summed E-state index contributed by atoms with van der Waals surface area (Å²) in [6, 6.07) is 30.7. The van der Waals surface area contributed by atoms with Crippen molar-refractivity contribution >= 4 is 37.7 Å². The summed E-state index contributed by atoms with van der Waals surface area (Å²) in [4.78, 5) is 20.2. The quantitative estimate of drug-likeness (QED) is 0.138. The SMILES string of the molecule is NOCc1ccccc1.O=Cc1cccc2c1B(O)OC2.OB1OCc2cccc(/C=N/OCc3ccccc3)c21. The minimum atomic E-state index is -0.929. The van der Waals surface area contributed by atoms with Crippen molar-refractivity contribution < 1.29 is 33.8 Å². The fourth-order valence-electron chi connectivity index (χ4n) is 4.29. The van der Waals surface area contributed by atoms with E-state index in [4.69, 9.17) is 20.0 Å². The first kappa shape index (κ1) is 29.9. The van der Waals surface area contributed by atoms with E-state index in [-0.39, 0.29) is 0 Å². The van der Waals surface area contributed by atoms with Gasteiger partial charge >= 0.3 is 14.2 Å². The zero-order valence-electron chi connectivity index (χ0n) is 22.3. The Morgan fingerprint density at radius 3 is 1.78 bits per heavy atom. The molecule has 0 radical (unpaired) electrons. The number of carbonyl (C=O) groups excluding carboxylic acids is 1. The lowest BCUT2D eigenvalue weighted by Gasteiger charge is -2.03. The van der Waals surface area contributed by atoms with E-state index in [0.29, 0.717) is 37.5 Å². The monoisotopic (exact) mass is 552 g/mol. The fraction of sp³-hybridized carbons (Fsp3) is 0.133. The van der Waals surface area contributed by atoms with Crippen molar-refractivity contribution in [1.82, 2.24) is 0 Å². The van der Waals surface area contributed by atoms with E-state index < -0.39 is 14.2 Å². The molecule has 41 heavy (non-hydrogen) atoms. The van der Waals surface area contributed by atoms with Crippen LogP contribution in [0.4, 0.5) is 0 Å². The van der Waals surface area contributed by atoms with Gasteiger partial charge in [-0.2, -0.15) is 0 Å². The Bertz CT molecular complexity index is 1430. The smallest absolute Gasteiger partial charge is 0.423 e. The molecule has 0 saturated carbocycles. The summed E-state index contributed by atoms with van der Waals surface area (Å²) in [6.45, 7) is 1.73. The van der Waals surface area contributed by atoms with Crippen molar-refractivity contribution in [2.45, 2.75) is 26.4 Å². The number of hydrogen-bond donors (Lipinski definition) is 3. The molecule has 11 heteroatoms. The van der Waals surface area contributed by atoms with Gasteiger partial charge in [0.15, 0.2) is 0 Å². The highest BCUT2D eigenvalue weighted by molar-refractivity contribution is 6.63. The molecule has 0 spiro atoms. The number of nitrogens with zero attached hydrogens (tertiary/aromatic N) is 1. The van der Waals surface area contributed by atoms with E-state index in [1.165, 1.54) is 0 Å². The Labute approximate surface area is 239 Å².